The van der Waals surface area contributed by atoms with E-state index in [4.69, 9.17) is 9.47 Å². The first-order chi connectivity index (χ1) is 16.9. The molecule has 0 bridgehead atoms. The van der Waals surface area contributed by atoms with Crippen molar-refractivity contribution in [3.8, 4) is 11.5 Å². The summed E-state index contributed by atoms with van der Waals surface area (Å²) in [5.41, 5.74) is 1.91. The third-order valence-electron chi connectivity index (χ3n) is 5.17. The first kappa shape index (κ1) is 25.1. The number of ether oxygens (including phenoxy) is 2. The van der Waals surface area contributed by atoms with Gasteiger partial charge in [-0.15, -0.1) is 0 Å². The molecular weight excluding hydrogens is 581 g/mol. The minimum atomic E-state index is -0.297. The second-order valence-corrected chi connectivity index (χ2v) is 9.34. The summed E-state index contributed by atoms with van der Waals surface area (Å²) in [7, 11) is 0. The van der Waals surface area contributed by atoms with E-state index in [1.807, 2.05) is 26.0 Å². The molecule has 0 saturated heterocycles. The maximum Gasteiger partial charge on any atom is 0.282 e. The lowest BCUT2D eigenvalue weighted by molar-refractivity contribution is 0.269. The molecule has 0 aliphatic heterocycles. The largest absolute Gasteiger partial charge is 0.490 e. The molecule has 6 nitrogen and oxygen atoms in total. The van der Waals surface area contributed by atoms with Gasteiger partial charge in [0.05, 0.1) is 23.7 Å². The van der Waals surface area contributed by atoms with E-state index in [0.29, 0.717) is 51.3 Å². The van der Waals surface area contributed by atoms with Crippen molar-refractivity contribution in [2.45, 2.75) is 26.9 Å². The fraction of sp³-hybridized carbons (Fsp3) is 0.192. The first-order valence-electron chi connectivity index (χ1n) is 11.0. The third kappa shape index (κ3) is 5.79. The molecule has 3 aromatic carbocycles. The van der Waals surface area contributed by atoms with E-state index >= 15 is 0 Å². The average Bonchev–Trinajstić information content (AvgIpc) is 2.85. The van der Waals surface area contributed by atoms with Gasteiger partial charge in [-0.3, -0.25) is 4.79 Å². The topological polar surface area (TPSA) is 65.7 Å². The van der Waals surface area contributed by atoms with Crippen molar-refractivity contribution in [1.82, 2.24) is 9.66 Å². The molecule has 0 atom stereocenters. The SMILES string of the molecule is CCOc1cc(C=Nn2c(CC)nc3ccc(Br)cc3c2=O)c(Br)cc1OCc1ccc(F)cc1. The Hall–Kier alpha value is -3.04. The zero-order valence-corrected chi connectivity index (χ0v) is 22.3. The second-order valence-electron chi connectivity index (χ2n) is 7.57. The Morgan fingerprint density at radius 3 is 2.49 bits per heavy atom. The van der Waals surface area contributed by atoms with Crippen LogP contribution in [0.2, 0.25) is 0 Å². The first-order valence-corrected chi connectivity index (χ1v) is 12.6. The van der Waals surface area contributed by atoms with Gasteiger partial charge in [-0.2, -0.15) is 9.78 Å². The van der Waals surface area contributed by atoms with Crippen molar-refractivity contribution >= 4 is 49.0 Å². The summed E-state index contributed by atoms with van der Waals surface area (Å²) in [6.07, 6.45) is 2.13. The van der Waals surface area contributed by atoms with Crippen molar-refractivity contribution in [1.29, 1.82) is 0 Å². The summed E-state index contributed by atoms with van der Waals surface area (Å²) in [5, 5.41) is 4.94. The molecule has 9 heteroatoms. The van der Waals surface area contributed by atoms with Gasteiger partial charge in [-0.25, -0.2) is 9.37 Å². The molecule has 0 amide bonds. The molecular formula is C26H22Br2FN3O3. The third-order valence-corrected chi connectivity index (χ3v) is 6.35. The van der Waals surface area contributed by atoms with Crippen molar-refractivity contribution in [3.63, 3.8) is 0 Å². The van der Waals surface area contributed by atoms with Crippen LogP contribution >= 0.6 is 31.9 Å². The van der Waals surface area contributed by atoms with Gasteiger partial charge < -0.3 is 9.47 Å². The van der Waals surface area contributed by atoms with Gasteiger partial charge in [0.2, 0.25) is 0 Å². The van der Waals surface area contributed by atoms with Crippen LogP contribution in [0.15, 0.2) is 73.4 Å². The highest BCUT2D eigenvalue weighted by Crippen LogP contribution is 2.34. The highest BCUT2D eigenvalue weighted by Gasteiger charge is 2.13. The van der Waals surface area contributed by atoms with Gasteiger partial charge >= 0.3 is 0 Å². The Kier molecular flexibility index (Phi) is 7.97. The Morgan fingerprint density at radius 1 is 1.03 bits per heavy atom. The van der Waals surface area contributed by atoms with Crippen LogP contribution in [0.1, 0.15) is 30.8 Å². The minimum absolute atomic E-state index is 0.246. The molecule has 0 radical (unpaired) electrons. The molecule has 4 rings (SSSR count). The van der Waals surface area contributed by atoms with Crippen LogP contribution in [0.4, 0.5) is 4.39 Å². The van der Waals surface area contributed by atoms with E-state index in [0.717, 1.165) is 10.0 Å². The smallest absolute Gasteiger partial charge is 0.282 e. The Bertz CT molecular complexity index is 1450. The van der Waals surface area contributed by atoms with Gasteiger partial charge in [0.25, 0.3) is 5.56 Å². The van der Waals surface area contributed by atoms with Gasteiger partial charge in [0.1, 0.15) is 18.2 Å². The number of rotatable bonds is 8. The molecule has 4 aromatic rings. The number of nitrogens with zero attached hydrogens (tertiary/aromatic N) is 3. The van der Waals surface area contributed by atoms with Gasteiger partial charge in [-0.1, -0.05) is 35.0 Å². The number of fused-ring (bicyclic) bond motifs is 1. The van der Waals surface area contributed by atoms with Crippen molar-refractivity contribution in [2.24, 2.45) is 5.10 Å². The van der Waals surface area contributed by atoms with Crippen LogP contribution < -0.4 is 15.0 Å². The molecule has 0 spiro atoms. The van der Waals surface area contributed by atoms with Crippen LogP contribution in [-0.4, -0.2) is 22.5 Å². The molecule has 0 saturated carbocycles. The number of aromatic nitrogens is 2. The molecule has 0 aliphatic rings. The Morgan fingerprint density at radius 2 is 1.77 bits per heavy atom. The summed E-state index contributed by atoms with van der Waals surface area (Å²) in [6, 6.07) is 15.1. The average molecular weight is 603 g/mol. The van der Waals surface area contributed by atoms with Crippen LogP contribution in [-0.2, 0) is 13.0 Å². The zero-order valence-electron chi connectivity index (χ0n) is 19.1. The van der Waals surface area contributed by atoms with Crippen LogP contribution in [0.25, 0.3) is 10.9 Å². The fourth-order valence-electron chi connectivity index (χ4n) is 3.44. The summed E-state index contributed by atoms with van der Waals surface area (Å²) < 4.78 is 27.7. The molecule has 35 heavy (non-hydrogen) atoms. The van der Waals surface area contributed by atoms with E-state index in [9.17, 15) is 9.18 Å². The molecule has 0 unspecified atom stereocenters. The molecule has 180 valence electrons. The highest BCUT2D eigenvalue weighted by atomic mass is 79.9. The summed E-state index contributed by atoms with van der Waals surface area (Å²) in [5.74, 6) is 1.32. The molecule has 0 aliphatic carbocycles. The predicted molar refractivity (Wildman–Crippen MR) is 142 cm³/mol. The maximum atomic E-state index is 13.2. The number of hydrogen-bond donors (Lipinski definition) is 0. The lowest BCUT2D eigenvalue weighted by Gasteiger charge is -2.14. The van der Waals surface area contributed by atoms with Crippen molar-refractivity contribution in [2.75, 3.05) is 6.61 Å². The van der Waals surface area contributed by atoms with Gasteiger partial charge in [-0.05, 0) is 70.9 Å². The Balaban J connectivity index is 1.67. The second kappa shape index (κ2) is 11.1. The molecule has 0 N–H and O–H groups in total. The predicted octanol–water partition coefficient (Wildman–Crippen LogP) is 6.48. The van der Waals surface area contributed by atoms with Gasteiger partial charge in [0, 0.05) is 20.9 Å². The Labute approximate surface area is 218 Å². The van der Waals surface area contributed by atoms with Crippen molar-refractivity contribution < 1.29 is 13.9 Å². The summed E-state index contributed by atoms with van der Waals surface area (Å²) >= 11 is 6.97. The lowest BCUT2D eigenvalue weighted by atomic mass is 10.2. The molecule has 0 fully saturated rings. The summed E-state index contributed by atoms with van der Waals surface area (Å²) in [6.45, 7) is 4.50. The van der Waals surface area contributed by atoms with E-state index in [1.165, 1.54) is 16.8 Å². The fourth-order valence-corrected chi connectivity index (χ4v) is 4.22. The maximum absolute atomic E-state index is 13.2. The number of hydrogen-bond acceptors (Lipinski definition) is 5. The van der Waals surface area contributed by atoms with E-state index in [2.05, 4.69) is 41.9 Å². The monoisotopic (exact) mass is 601 g/mol. The minimum Gasteiger partial charge on any atom is -0.490 e. The molecule has 1 aromatic heterocycles. The van der Waals surface area contributed by atoms with E-state index in [-0.39, 0.29) is 18.0 Å². The number of benzene rings is 3. The van der Waals surface area contributed by atoms with Crippen LogP contribution in [0, 0.1) is 5.82 Å². The quantitative estimate of drug-likeness (QED) is 0.216. The van der Waals surface area contributed by atoms with Crippen LogP contribution in [0.3, 0.4) is 0 Å². The lowest BCUT2D eigenvalue weighted by Crippen LogP contribution is -2.22. The standard InChI is InChI=1S/C26H22Br2FN3O3/c1-3-25-31-22-10-7-18(27)12-20(22)26(33)32(25)30-14-17-11-23(34-4-2)24(13-21(17)28)35-15-16-5-8-19(29)9-6-16/h5-14H,3-4,15H2,1-2H3. The van der Waals surface area contributed by atoms with Crippen molar-refractivity contribution in [3.05, 3.63) is 96.7 Å². The van der Waals surface area contributed by atoms with Crippen LogP contribution in [0.5, 0.6) is 11.5 Å². The highest BCUT2D eigenvalue weighted by molar-refractivity contribution is 9.10. The van der Waals surface area contributed by atoms with E-state index in [1.54, 1.807) is 36.5 Å². The zero-order chi connectivity index (χ0) is 24.9. The molecule has 1 heterocycles. The number of aryl methyl sites for hydroxylation is 1. The summed E-state index contributed by atoms with van der Waals surface area (Å²) in [4.78, 5) is 17.7. The van der Waals surface area contributed by atoms with Gasteiger partial charge in [0.15, 0.2) is 11.5 Å². The normalized spacial score (nSPS) is 11.3. The number of halogens is 3. The van der Waals surface area contributed by atoms with E-state index < -0.39 is 0 Å².